The van der Waals surface area contributed by atoms with E-state index in [1.807, 2.05) is 6.07 Å². The highest BCUT2D eigenvalue weighted by atomic mass is 32.2. The van der Waals surface area contributed by atoms with Gasteiger partial charge in [0.05, 0.1) is 29.2 Å². The van der Waals surface area contributed by atoms with E-state index in [0.717, 1.165) is 0 Å². The zero-order chi connectivity index (χ0) is 14.8. The Hall–Kier alpha value is -1.46. The van der Waals surface area contributed by atoms with Gasteiger partial charge in [-0.05, 0) is 24.6 Å². The molecule has 1 aromatic rings. The zero-order valence-corrected chi connectivity index (χ0v) is 12.1. The highest BCUT2D eigenvalue weighted by Gasteiger charge is 2.31. The number of hydrogen-bond acceptors (Lipinski definition) is 5. The normalized spacial score (nSPS) is 20.6. The van der Waals surface area contributed by atoms with Gasteiger partial charge in [-0.1, -0.05) is 6.07 Å². The second-order valence-corrected chi connectivity index (χ2v) is 6.59. The molecular formula is C13H17N3O3S. The zero-order valence-electron chi connectivity index (χ0n) is 11.2. The van der Waals surface area contributed by atoms with Crippen LogP contribution < -0.4 is 5.73 Å². The molecule has 2 rings (SSSR count). The van der Waals surface area contributed by atoms with Gasteiger partial charge in [0.1, 0.15) is 0 Å². The van der Waals surface area contributed by atoms with E-state index in [-0.39, 0.29) is 24.1 Å². The van der Waals surface area contributed by atoms with Crippen molar-refractivity contribution in [1.29, 1.82) is 5.26 Å². The molecule has 1 unspecified atom stereocenters. The molecule has 0 bridgehead atoms. The van der Waals surface area contributed by atoms with Crippen molar-refractivity contribution in [2.24, 2.45) is 5.73 Å². The molecule has 0 aliphatic carbocycles. The summed E-state index contributed by atoms with van der Waals surface area (Å²) in [5, 5.41) is 8.91. The molecule has 20 heavy (non-hydrogen) atoms. The fraction of sp³-hybridized carbons (Fsp3) is 0.462. The van der Waals surface area contributed by atoms with Gasteiger partial charge in [0.15, 0.2) is 0 Å². The summed E-state index contributed by atoms with van der Waals surface area (Å²) in [6.45, 7) is 2.88. The van der Waals surface area contributed by atoms with E-state index in [4.69, 9.17) is 15.7 Å². The maximum absolute atomic E-state index is 12.7. The van der Waals surface area contributed by atoms with Crippen LogP contribution in [0, 0.1) is 18.3 Å². The Labute approximate surface area is 118 Å². The molecule has 0 radical (unpaired) electrons. The molecular weight excluding hydrogens is 278 g/mol. The monoisotopic (exact) mass is 295 g/mol. The second-order valence-electron chi connectivity index (χ2n) is 4.68. The van der Waals surface area contributed by atoms with Gasteiger partial charge in [-0.25, -0.2) is 8.42 Å². The van der Waals surface area contributed by atoms with Gasteiger partial charge in [0.2, 0.25) is 10.0 Å². The summed E-state index contributed by atoms with van der Waals surface area (Å²) in [5.74, 6) is 0. The number of nitrogens with zero attached hydrogens (tertiary/aromatic N) is 2. The Morgan fingerprint density at radius 3 is 2.95 bits per heavy atom. The van der Waals surface area contributed by atoms with Gasteiger partial charge in [0, 0.05) is 19.6 Å². The van der Waals surface area contributed by atoms with Crippen LogP contribution in [0.25, 0.3) is 0 Å². The van der Waals surface area contributed by atoms with Crippen LogP contribution in [0.1, 0.15) is 11.1 Å². The Balaban J connectivity index is 2.37. The first-order valence-corrected chi connectivity index (χ1v) is 7.75. The lowest BCUT2D eigenvalue weighted by Crippen LogP contribution is -2.48. The summed E-state index contributed by atoms with van der Waals surface area (Å²) in [6, 6.07) is 6.63. The molecule has 0 spiro atoms. The summed E-state index contributed by atoms with van der Waals surface area (Å²) in [5.41, 5.74) is 6.49. The fourth-order valence-corrected chi connectivity index (χ4v) is 3.85. The number of benzene rings is 1. The first-order chi connectivity index (χ1) is 9.48. The van der Waals surface area contributed by atoms with Crippen molar-refractivity contribution in [3.8, 4) is 6.07 Å². The Bertz CT molecular complexity index is 637. The summed E-state index contributed by atoms with van der Waals surface area (Å²) < 4.78 is 32.1. The van der Waals surface area contributed by atoms with Crippen molar-refractivity contribution in [3.05, 3.63) is 29.3 Å². The van der Waals surface area contributed by atoms with Crippen LogP contribution in [-0.2, 0) is 14.8 Å². The van der Waals surface area contributed by atoms with Gasteiger partial charge in [-0.3, -0.25) is 0 Å². The molecule has 1 aliphatic heterocycles. The number of ether oxygens (including phenoxy) is 1. The average Bonchev–Trinajstić information content (AvgIpc) is 2.47. The predicted octanol–water partition coefficient (Wildman–Crippen LogP) is 0.215. The van der Waals surface area contributed by atoms with E-state index in [0.29, 0.717) is 24.3 Å². The molecule has 6 nitrogen and oxygen atoms in total. The fourth-order valence-electron chi connectivity index (χ4n) is 2.14. The van der Waals surface area contributed by atoms with Crippen LogP contribution in [0.2, 0.25) is 0 Å². The third-order valence-corrected chi connectivity index (χ3v) is 5.31. The van der Waals surface area contributed by atoms with Crippen LogP contribution in [0.3, 0.4) is 0 Å². The van der Waals surface area contributed by atoms with E-state index < -0.39 is 10.0 Å². The third kappa shape index (κ3) is 2.83. The van der Waals surface area contributed by atoms with Crippen molar-refractivity contribution in [3.63, 3.8) is 0 Å². The molecule has 1 aliphatic rings. The molecule has 1 saturated heterocycles. The standard InChI is InChI=1S/C13H17N3O3S/c1-10-2-3-11(7-14)6-13(10)20(17,18)16-4-5-19-12(8-15)9-16/h2-3,6,12H,4-5,8-9,15H2,1H3. The van der Waals surface area contributed by atoms with Crippen molar-refractivity contribution in [1.82, 2.24) is 4.31 Å². The third-order valence-electron chi connectivity index (χ3n) is 3.30. The Morgan fingerprint density at radius 1 is 1.55 bits per heavy atom. The molecule has 1 aromatic carbocycles. The molecule has 2 N–H and O–H groups in total. The summed E-state index contributed by atoms with van der Waals surface area (Å²) in [7, 11) is -3.62. The SMILES string of the molecule is Cc1ccc(C#N)cc1S(=O)(=O)N1CCOC(CN)C1. The number of sulfonamides is 1. The molecule has 7 heteroatoms. The van der Waals surface area contributed by atoms with Gasteiger partial charge >= 0.3 is 0 Å². The van der Waals surface area contributed by atoms with Crippen LogP contribution >= 0.6 is 0 Å². The number of hydrogen-bond donors (Lipinski definition) is 1. The van der Waals surface area contributed by atoms with Crippen molar-refractivity contribution >= 4 is 10.0 Å². The maximum Gasteiger partial charge on any atom is 0.243 e. The van der Waals surface area contributed by atoms with Gasteiger partial charge in [0.25, 0.3) is 0 Å². The van der Waals surface area contributed by atoms with Crippen LogP contribution in [0.5, 0.6) is 0 Å². The molecule has 0 amide bonds. The van der Waals surface area contributed by atoms with E-state index in [1.54, 1.807) is 19.1 Å². The minimum absolute atomic E-state index is 0.175. The summed E-state index contributed by atoms with van der Waals surface area (Å²) in [6.07, 6.45) is -0.280. The number of nitriles is 1. The first kappa shape index (κ1) is 14.9. The van der Waals surface area contributed by atoms with Gasteiger partial charge in [-0.2, -0.15) is 9.57 Å². The summed E-state index contributed by atoms with van der Waals surface area (Å²) in [4.78, 5) is 0.175. The molecule has 108 valence electrons. The van der Waals surface area contributed by atoms with Gasteiger partial charge < -0.3 is 10.5 Å². The number of morpholine rings is 1. The highest BCUT2D eigenvalue weighted by molar-refractivity contribution is 7.89. The van der Waals surface area contributed by atoms with E-state index in [2.05, 4.69) is 0 Å². The Kier molecular flexibility index (Phi) is 4.40. The Morgan fingerprint density at radius 2 is 2.30 bits per heavy atom. The quantitative estimate of drug-likeness (QED) is 0.860. The van der Waals surface area contributed by atoms with Crippen molar-refractivity contribution in [2.45, 2.75) is 17.9 Å². The van der Waals surface area contributed by atoms with Crippen LogP contribution in [0.4, 0.5) is 0 Å². The van der Waals surface area contributed by atoms with Crippen molar-refractivity contribution < 1.29 is 13.2 Å². The average molecular weight is 295 g/mol. The molecule has 1 heterocycles. The predicted molar refractivity (Wildman–Crippen MR) is 73.4 cm³/mol. The maximum atomic E-state index is 12.7. The second kappa shape index (κ2) is 5.89. The van der Waals surface area contributed by atoms with Crippen molar-refractivity contribution in [2.75, 3.05) is 26.2 Å². The topological polar surface area (TPSA) is 96.4 Å². The van der Waals surface area contributed by atoms with E-state index in [1.165, 1.54) is 10.4 Å². The van der Waals surface area contributed by atoms with E-state index >= 15 is 0 Å². The van der Waals surface area contributed by atoms with E-state index in [9.17, 15) is 8.42 Å². The number of rotatable bonds is 3. The minimum Gasteiger partial charge on any atom is -0.374 e. The van der Waals surface area contributed by atoms with Crippen LogP contribution in [-0.4, -0.2) is 45.1 Å². The lowest BCUT2D eigenvalue weighted by atomic mass is 10.2. The molecule has 0 aromatic heterocycles. The van der Waals surface area contributed by atoms with Crippen LogP contribution in [0.15, 0.2) is 23.1 Å². The smallest absolute Gasteiger partial charge is 0.243 e. The number of aryl methyl sites for hydroxylation is 1. The molecule has 1 atom stereocenters. The lowest BCUT2D eigenvalue weighted by Gasteiger charge is -2.31. The summed E-state index contributed by atoms with van der Waals surface area (Å²) >= 11 is 0. The van der Waals surface area contributed by atoms with Gasteiger partial charge in [-0.15, -0.1) is 0 Å². The minimum atomic E-state index is -3.62. The largest absolute Gasteiger partial charge is 0.374 e. The highest BCUT2D eigenvalue weighted by Crippen LogP contribution is 2.23. The lowest BCUT2D eigenvalue weighted by molar-refractivity contribution is 0.00449. The first-order valence-electron chi connectivity index (χ1n) is 6.31. The number of nitrogens with two attached hydrogens (primary N) is 1. The molecule has 0 saturated carbocycles. The molecule has 1 fully saturated rings.